The average molecular weight is 270 g/mol. The Morgan fingerprint density at radius 1 is 1.22 bits per heavy atom. The lowest BCUT2D eigenvalue weighted by molar-refractivity contribution is 0.102. The molecule has 0 saturated heterocycles. The quantitative estimate of drug-likeness (QED) is 0.853. The molecule has 7 heteroatoms. The molecule has 1 aromatic carbocycles. The van der Waals surface area contributed by atoms with Crippen LogP contribution in [0.5, 0.6) is 0 Å². The van der Waals surface area contributed by atoms with Crippen LogP contribution in [-0.4, -0.2) is 15.9 Å². The molecule has 0 radical (unpaired) electrons. The minimum absolute atomic E-state index is 0.0165. The SMILES string of the molecule is O=C(Nc1nccc(Cl)n1)c1ccc(F)c(F)c1. The van der Waals surface area contributed by atoms with Gasteiger partial charge in [0.25, 0.3) is 5.91 Å². The maximum Gasteiger partial charge on any atom is 0.258 e. The molecule has 1 N–H and O–H groups in total. The molecule has 92 valence electrons. The Morgan fingerprint density at radius 3 is 2.67 bits per heavy atom. The zero-order chi connectivity index (χ0) is 13.1. The lowest BCUT2D eigenvalue weighted by atomic mass is 10.2. The Bertz CT molecular complexity index is 607. The van der Waals surface area contributed by atoms with E-state index in [1.165, 1.54) is 12.3 Å². The molecule has 18 heavy (non-hydrogen) atoms. The number of carbonyl (C=O) groups is 1. The molecular formula is C11H6ClF2N3O. The fourth-order valence-electron chi connectivity index (χ4n) is 1.21. The largest absolute Gasteiger partial charge is 0.290 e. The van der Waals surface area contributed by atoms with Crippen LogP contribution in [0.2, 0.25) is 5.15 Å². The molecule has 4 nitrogen and oxygen atoms in total. The number of hydrogen-bond donors (Lipinski definition) is 1. The van der Waals surface area contributed by atoms with Gasteiger partial charge in [-0.3, -0.25) is 10.1 Å². The summed E-state index contributed by atoms with van der Waals surface area (Å²) in [7, 11) is 0. The first kappa shape index (κ1) is 12.4. The number of amides is 1. The van der Waals surface area contributed by atoms with Gasteiger partial charge in [0.2, 0.25) is 5.95 Å². The molecule has 0 aliphatic carbocycles. The van der Waals surface area contributed by atoms with Gasteiger partial charge in [0.15, 0.2) is 11.6 Å². The number of anilines is 1. The second-order valence-electron chi connectivity index (χ2n) is 3.29. The third kappa shape index (κ3) is 2.78. The molecule has 1 amide bonds. The van der Waals surface area contributed by atoms with Crippen molar-refractivity contribution in [1.29, 1.82) is 0 Å². The van der Waals surface area contributed by atoms with Crippen LogP contribution in [0.3, 0.4) is 0 Å². The van der Waals surface area contributed by atoms with Crippen molar-refractivity contribution >= 4 is 23.5 Å². The van der Waals surface area contributed by atoms with Gasteiger partial charge in [-0.1, -0.05) is 11.6 Å². The Hall–Kier alpha value is -2.08. The summed E-state index contributed by atoms with van der Waals surface area (Å²) >= 11 is 5.61. The molecule has 0 aliphatic rings. The normalized spacial score (nSPS) is 10.2. The van der Waals surface area contributed by atoms with Crippen LogP contribution in [0.1, 0.15) is 10.4 Å². The van der Waals surface area contributed by atoms with Crippen molar-refractivity contribution in [3.8, 4) is 0 Å². The van der Waals surface area contributed by atoms with Gasteiger partial charge in [0.1, 0.15) is 5.15 Å². The number of nitrogens with one attached hydrogen (secondary N) is 1. The smallest absolute Gasteiger partial charge is 0.258 e. The van der Waals surface area contributed by atoms with Crippen LogP contribution in [0.4, 0.5) is 14.7 Å². The standard InChI is InChI=1S/C11H6ClF2N3O/c12-9-3-4-15-11(16-9)17-10(18)6-1-2-7(13)8(14)5-6/h1-5H,(H,15,16,17,18). The molecule has 0 unspecified atom stereocenters. The van der Waals surface area contributed by atoms with Gasteiger partial charge in [-0.05, 0) is 24.3 Å². The number of rotatable bonds is 2. The average Bonchev–Trinajstić information content (AvgIpc) is 2.32. The van der Waals surface area contributed by atoms with Gasteiger partial charge in [-0.25, -0.2) is 18.7 Å². The van der Waals surface area contributed by atoms with Crippen LogP contribution >= 0.6 is 11.6 Å². The molecule has 2 rings (SSSR count). The molecule has 1 heterocycles. The monoisotopic (exact) mass is 269 g/mol. The summed E-state index contributed by atoms with van der Waals surface area (Å²) in [6, 6.07) is 4.24. The van der Waals surface area contributed by atoms with Gasteiger partial charge >= 0.3 is 0 Å². The molecule has 1 aromatic heterocycles. The second-order valence-corrected chi connectivity index (χ2v) is 3.67. The fourth-order valence-corrected chi connectivity index (χ4v) is 1.34. The van der Waals surface area contributed by atoms with Gasteiger partial charge < -0.3 is 0 Å². The molecule has 0 bridgehead atoms. The molecule has 0 aliphatic heterocycles. The van der Waals surface area contributed by atoms with Crippen molar-refractivity contribution in [2.75, 3.05) is 5.32 Å². The van der Waals surface area contributed by atoms with Crippen molar-refractivity contribution in [2.45, 2.75) is 0 Å². The van der Waals surface area contributed by atoms with E-state index in [1.54, 1.807) is 0 Å². The minimum Gasteiger partial charge on any atom is -0.290 e. The predicted molar refractivity (Wildman–Crippen MR) is 61.4 cm³/mol. The Kier molecular flexibility index (Phi) is 3.47. The Balaban J connectivity index is 2.19. The lowest BCUT2D eigenvalue weighted by Crippen LogP contribution is -2.14. The predicted octanol–water partition coefficient (Wildman–Crippen LogP) is 2.66. The zero-order valence-corrected chi connectivity index (χ0v) is 9.58. The number of hydrogen-bond acceptors (Lipinski definition) is 3. The first-order valence-corrected chi connectivity index (χ1v) is 5.19. The topological polar surface area (TPSA) is 54.9 Å². The first-order chi connectivity index (χ1) is 8.56. The maximum absolute atomic E-state index is 12.9. The van der Waals surface area contributed by atoms with Crippen molar-refractivity contribution in [1.82, 2.24) is 9.97 Å². The van der Waals surface area contributed by atoms with Crippen LogP contribution in [-0.2, 0) is 0 Å². The van der Waals surface area contributed by atoms with E-state index in [0.29, 0.717) is 0 Å². The Labute approximate surface area is 106 Å². The maximum atomic E-state index is 12.9. The van der Waals surface area contributed by atoms with Gasteiger partial charge in [-0.15, -0.1) is 0 Å². The summed E-state index contributed by atoms with van der Waals surface area (Å²) in [4.78, 5) is 19.1. The number of nitrogens with zero attached hydrogens (tertiary/aromatic N) is 2. The fraction of sp³-hybridized carbons (Fsp3) is 0. The molecule has 0 saturated carbocycles. The number of halogens is 3. The third-order valence-electron chi connectivity index (χ3n) is 2.03. The highest BCUT2D eigenvalue weighted by Gasteiger charge is 2.11. The summed E-state index contributed by atoms with van der Waals surface area (Å²) in [5.74, 6) is -2.80. The summed E-state index contributed by atoms with van der Waals surface area (Å²) in [6.07, 6.45) is 1.36. The van der Waals surface area contributed by atoms with E-state index in [4.69, 9.17) is 11.6 Å². The minimum atomic E-state index is -1.10. The van der Waals surface area contributed by atoms with E-state index >= 15 is 0 Å². The first-order valence-electron chi connectivity index (χ1n) is 4.81. The van der Waals surface area contributed by atoms with Crippen molar-refractivity contribution in [2.24, 2.45) is 0 Å². The van der Waals surface area contributed by atoms with Crippen molar-refractivity contribution in [3.05, 3.63) is 52.8 Å². The molecule has 2 aromatic rings. The highest BCUT2D eigenvalue weighted by atomic mass is 35.5. The summed E-state index contributed by atoms with van der Waals surface area (Å²) in [5, 5.41) is 2.47. The van der Waals surface area contributed by atoms with E-state index in [0.717, 1.165) is 18.2 Å². The van der Waals surface area contributed by atoms with E-state index in [-0.39, 0.29) is 16.7 Å². The van der Waals surface area contributed by atoms with Crippen LogP contribution < -0.4 is 5.32 Å². The van der Waals surface area contributed by atoms with E-state index in [9.17, 15) is 13.6 Å². The van der Waals surface area contributed by atoms with Gasteiger partial charge in [0.05, 0.1) is 0 Å². The van der Waals surface area contributed by atoms with Crippen LogP contribution in [0, 0.1) is 11.6 Å². The summed E-state index contributed by atoms with van der Waals surface area (Å²) in [5.41, 5.74) is -0.0440. The van der Waals surface area contributed by atoms with Gasteiger partial charge in [-0.2, -0.15) is 0 Å². The lowest BCUT2D eigenvalue weighted by Gasteiger charge is -2.03. The van der Waals surface area contributed by atoms with Gasteiger partial charge in [0, 0.05) is 11.8 Å². The highest BCUT2D eigenvalue weighted by Crippen LogP contribution is 2.11. The molecule has 0 fully saturated rings. The molecular weight excluding hydrogens is 264 g/mol. The summed E-state index contributed by atoms with van der Waals surface area (Å²) in [6.45, 7) is 0. The number of aromatic nitrogens is 2. The van der Waals surface area contributed by atoms with Crippen molar-refractivity contribution in [3.63, 3.8) is 0 Å². The molecule has 0 spiro atoms. The molecule has 0 atom stereocenters. The van der Waals surface area contributed by atoms with E-state index in [2.05, 4.69) is 15.3 Å². The highest BCUT2D eigenvalue weighted by molar-refractivity contribution is 6.29. The third-order valence-corrected chi connectivity index (χ3v) is 2.24. The number of carbonyl (C=O) groups excluding carboxylic acids is 1. The zero-order valence-electron chi connectivity index (χ0n) is 8.82. The van der Waals surface area contributed by atoms with Crippen LogP contribution in [0.15, 0.2) is 30.5 Å². The number of benzene rings is 1. The van der Waals surface area contributed by atoms with E-state index in [1.807, 2.05) is 0 Å². The second kappa shape index (κ2) is 5.05. The van der Waals surface area contributed by atoms with Crippen molar-refractivity contribution < 1.29 is 13.6 Å². The summed E-state index contributed by atoms with van der Waals surface area (Å²) < 4.78 is 25.6. The van der Waals surface area contributed by atoms with Crippen LogP contribution in [0.25, 0.3) is 0 Å². The Morgan fingerprint density at radius 2 is 2.00 bits per heavy atom. The van der Waals surface area contributed by atoms with E-state index < -0.39 is 17.5 Å².